The van der Waals surface area contributed by atoms with Gasteiger partial charge in [-0.15, -0.1) is 5.53 Å². The van der Waals surface area contributed by atoms with Gasteiger partial charge in [-0.2, -0.15) is 0 Å². The van der Waals surface area contributed by atoms with Crippen molar-refractivity contribution in [2.45, 2.75) is 19.9 Å². The Morgan fingerprint density at radius 3 is 2.70 bits per heavy atom. The van der Waals surface area contributed by atoms with Gasteiger partial charge in [0.15, 0.2) is 0 Å². The Kier molecular flexibility index (Phi) is 2.13. The first kappa shape index (κ1) is 7.37. The molecule has 1 rings (SSSR count). The van der Waals surface area contributed by atoms with E-state index in [1.54, 1.807) is 0 Å². The third-order valence-corrected chi connectivity index (χ3v) is 1.37. The molecule has 1 heterocycles. The standard InChI is InChI=1S/C6H13N3O/c1-5(2)9-3-6(4-10)7-8-9/h3,5,7-8,10H,4H2,1-2H3. The first-order valence-electron chi connectivity index (χ1n) is 3.35. The van der Waals surface area contributed by atoms with Gasteiger partial charge in [0.25, 0.3) is 0 Å². The zero-order valence-corrected chi connectivity index (χ0v) is 6.26. The predicted molar refractivity (Wildman–Crippen MR) is 38.4 cm³/mol. The molecule has 0 aromatic heterocycles. The van der Waals surface area contributed by atoms with E-state index >= 15 is 0 Å². The van der Waals surface area contributed by atoms with Crippen LogP contribution in [0.15, 0.2) is 11.9 Å². The summed E-state index contributed by atoms with van der Waals surface area (Å²) in [6.45, 7) is 4.17. The fourth-order valence-corrected chi connectivity index (χ4v) is 0.727. The molecule has 0 unspecified atom stereocenters. The van der Waals surface area contributed by atoms with Crippen LogP contribution >= 0.6 is 0 Å². The molecule has 0 saturated carbocycles. The van der Waals surface area contributed by atoms with Crippen molar-refractivity contribution in [3.05, 3.63) is 11.9 Å². The summed E-state index contributed by atoms with van der Waals surface area (Å²) in [7, 11) is 0. The van der Waals surface area contributed by atoms with E-state index < -0.39 is 0 Å². The smallest absolute Gasteiger partial charge is 0.0857 e. The SMILES string of the molecule is CC(C)N1C=C(CO)NN1. The molecule has 10 heavy (non-hydrogen) atoms. The first-order valence-corrected chi connectivity index (χ1v) is 3.35. The van der Waals surface area contributed by atoms with Gasteiger partial charge in [-0.3, -0.25) is 5.01 Å². The van der Waals surface area contributed by atoms with Crippen molar-refractivity contribution >= 4 is 0 Å². The summed E-state index contributed by atoms with van der Waals surface area (Å²) in [6.07, 6.45) is 1.85. The lowest BCUT2D eigenvalue weighted by atomic mass is 10.4. The number of aliphatic hydroxyl groups excluding tert-OH is 1. The number of nitrogens with zero attached hydrogens (tertiary/aromatic N) is 1. The van der Waals surface area contributed by atoms with Crippen LogP contribution in [-0.2, 0) is 0 Å². The molecule has 0 radical (unpaired) electrons. The molecule has 4 heteroatoms. The van der Waals surface area contributed by atoms with E-state index in [0.29, 0.717) is 6.04 Å². The first-order chi connectivity index (χ1) is 4.74. The molecule has 0 saturated heterocycles. The van der Waals surface area contributed by atoms with Gasteiger partial charge in [0.2, 0.25) is 0 Å². The number of hydrazine groups is 2. The monoisotopic (exact) mass is 143 g/mol. The molecule has 0 bridgehead atoms. The topological polar surface area (TPSA) is 47.5 Å². The average molecular weight is 143 g/mol. The average Bonchev–Trinajstić information content (AvgIpc) is 2.34. The molecule has 1 aliphatic rings. The summed E-state index contributed by atoms with van der Waals surface area (Å²) in [4.78, 5) is 0. The fourth-order valence-electron chi connectivity index (χ4n) is 0.727. The number of hydrogen-bond acceptors (Lipinski definition) is 4. The van der Waals surface area contributed by atoms with E-state index in [-0.39, 0.29) is 6.61 Å². The van der Waals surface area contributed by atoms with Crippen LogP contribution in [-0.4, -0.2) is 22.8 Å². The molecule has 0 amide bonds. The van der Waals surface area contributed by atoms with E-state index in [0.717, 1.165) is 5.70 Å². The Morgan fingerprint density at radius 2 is 2.40 bits per heavy atom. The maximum absolute atomic E-state index is 8.67. The molecule has 1 aliphatic heterocycles. The van der Waals surface area contributed by atoms with Gasteiger partial charge in [0, 0.05) is 12.2 Å². The van der Waals surface area contributed by atoms with Crippen LogP contribution in [0.2, 0.25) is 0 Å². The molecule has 0 aromatic carbocycles. The molecule has 0 spiro atoms. The molecule has 0 atom stereocenters. The number of nitrogens with one attached hydrogen (secondary N) is 2. The Bertz CT molecular complexity index is 144. The molecular weight excluding hydrogens is 130 g/mol. The summed E-state index contributed by atoms with van der Waals surface area (Å²) < 4.78 is 0. The van der Waals surface area contributed by atoms with Crippen LogP contribution < -0.4 is 11.0 Å². The third-order valence-electron chi connectivity index (χ3n) is 1.37. The molecule has 0 aliphatic carbocycles. The van der Waals surface area contributed by atoms with Crippen molar-refractivity contribution < 1.29 is 5.11 Å². The Balaban J connectivity index is 2.47. The molecule has 4 nitrogen and oxygen atoms in total. The molecule has 0 fully saturated rings. The van der Waals surface area contributed by atoms with Gasteiger partial charge in [0.05, 0.1) is 12.3 Å². The normalized spacial score (nSPS) is 17.6. The van der Waals surface area contributed by atoms with Crippen molar-refractivity contribution in [2.75, 3.05) is 6.61 Å². The van der Waals surface area contributed by atoms with E-state index in [4.69, 9.17) is 5.11 Å². The van der Waals surface area contributed by atoms with Gasteiger partial charge in [-0.1, -0.05) is 0 Å². The van der Waals surface area contributed by atoms with E-state index in [1.807, 2.05) is 11.2 Å². The van der Waals surface area contributed by atoms with Crippen molar-refractivity contribution in [1.29, 1.82) is 0 Å². The largest absolute Gasteiger partial charge is 0.390 e. The highest BCUT2D eigenvalue weighted by molar-refractivity contribution is 5.01. The van der Waals surface area contributed by atoms with Gasteiger partial charge in [-0.05, 0) is 13.8 Å². The van der Waals surface area contributed by atoms with Crippen LogP contribution in [0.4, 0.5) is 0 Å². The minimum Gasteiger partial charge on any atom is -0.390 e. The fraction of sp³-hybridized carbons (Fsp3) is 0.667. The molecule has 58 valence electrons. The third kappa shape index (κ3) is 1.40. The van der Waals surface area contributed by atoms with E-state index in [1.165, 1.54) is 0 Å². The zero-order chi connectivity index (χ0) is 7.56. The molecule has 3 N–H and O–H groups in total. The second kappa shape index (κ2) is 2.90. The Hall–Kier alpha value is -0.740. The van der Waals surface area contributed by atoms with Crippen molar-refractivity contribution in [3.63, 3.8) is 0 Å². The lowest BCUT2D eigenvalue weighted by Crippen LogP contribution is -2.40. The highest BCUT2D eigenvalue weighted by atomic mass is 16.3. The number of hydrogen-bond donors (Lipinski definition) is 3. The van der Waals surface area contributed by atoms with Crippen LogP contribution in [0.5, 0.6) is 0 Å². The van der Waals surface area contributed by atoms with Crippen LogP contribution in [0.1, 0.15) is 13.8 Å². The Labute approximate surface area is 60.5 Å². The maximum atomic E-state index is 8.67. The summed E-state index contributed by atoms with van der Waals surface area (Å²) >= 11 is 0. The van der Waals surface area contributed by atoms with E-state index in [2.05, 4.69) is 24.8 Å². The quantitative estimate of drug-likeness (QED) is 0.490. The summed E-state index contributed by atoms with van der Waals surface area (Å²) in [5, 5.41) is 10.6. The van der Waals surface area contributed by atoms with Crippen LogP contribution in [0.3, 0.4) is 0 Å². The van der Waals surface area contributed by atoms with Crippen LogP contribution in [0, 0.1) is 0 Å². The van der Waals surface area contributed by atoms with Gasteiger partial charge >= 0.3 is 0 Å². The summed E-state index contributed by atoms with van der Waals surface area (Å²) in [5.74, 6) is 0. The van der Waals surface area contributed by atoms with E-state index in [9.17, 15) is 0 Å². The maximum Gasteiger partial charge on any atom is 0.0857 e. The van der Waals surface area contributed by atoms with Crippen LogP contribution in [0.25, 0.3) is 0 Å². The van der Waals surface area contributed by atoms with Crippen molar-refractivity contribution in [3.8, 4) is 0 Å². The Morgan fingerprint density at radius 1 is 1.70 bits per heavy atom. The lowest BCUT2D eigenvalue weighted by molar-refractivity contribution is 0.219. The molecular formula is C6H13N3O. The predicted octanol–water partition coefficient (Wildman–Crippen LogP) is -0.447. The minimum atomic E-state index is 0.0518. The second-order valence-corrected chi connectivity index (χ2v) is 2.55. The number of rotatable bonds is 2. The highest BCUT2D eigenvalue weighted by Crippen LogP contribution is 2.01. The zero-order valence-electron chi connectivity index (χ0n) is 6.26. The summed E-state index contributed by atoms with van der Waals surface area (Å²) in [5.41, 5.74) is 6.51. The number of aliphatic hydroxyl groups is 1. The van der Waals surface area contributed by atoms with Crippen molar-refractivity contribution in [1.82, 2.24) is 16.0 Å². The molecule has 0 aromatic rings. The highest BCUT2D eigenvalue weighted by Gasteiger charge is 2.11. The van der Waals surface area contributed by atoms with Crippen molar-refractivity contribution in [2.24, 2.45) is 0 Å². The van der Waals surface area contributed by atoms with Gasteiger partial charge < -0.3 is 10.5 Å². The second-order valence-electron chi connectivity index (χ2n) is 2.55. The van der Waals surface area contributed by atoms with Gasteiger partial charge in [0.1, 0.15) is 0 Å². The summed E-state index contributed by atoms with van der Waals surface area (Å²) in [6, 6.07) is 0.400. The minimum absolute atomic E-state index is 0.0518. The lowest BCUT2D eigenvalue weighted by Gasteiger charge is -2.18. The van der Waals surface area contributed by atoms with Gasteiger partial charge in [-0.25, -0.2) is 0 Å².